The number of thiophene rings is 1. The first-order valence-corrected chi connectivity index (χ1v) is 11.9. The van der Waals surface area contributed by atoms with Crippen molar-refractivity contribution in [3.63, 3.8) is 0 Å². The molecule has 2 heterocycles. The van der Waals surface area contributed by atoms with E-state index in [9.17, 15) is 9.59 Å². The topological polar surface area (TPSA) is 76.1 Å². The van der Waals surface area contributed by atoms with E-state index in [0.29, 0.717) is 21.0 Å². The van der Waals surface area contributed by atoms with Crippen LogP contribution in [0.3, 0.4) is 0 Å². The second-order valence-corrected chi connectivity index (χ2v) is 9.92. The number of nitrogens with one attached hydrogen (secondary N) is 2. The number of H-pyrrole nitrogens is 1. The molecule has 164 valence electrons. The van der Waals surface area contributed by atoms with Crippen molar-refractivity contribution >= 4 is 67.2 Å². The summed E-state index contributed by atoms with van der Waals surface area (Å²) in [5, 5.41) is 0.827. The minimum Gasteiger partial charge on any atom is -0.479 e. The van der Waals surface area contributed by atoms with Gasteiger partial charge in [0, 0.05) is 14.9 Å². The van der Waals surface area contributed by atoms with Crippen molar-refractivity contribution in [3.8, 4) is 16.9 Å². The molecule has 32 heavy (non-hydrogen) atoms. The van der Waals surface area contributed by atoms with Crippen LogP contribution in [0.25, 0.3) is 21.3 Å². The van der Waals surface area contributed by atoms with Gasteiger partial charge in [-0.05, 0) is 49.8 Å². The maximum atomic E-state index is 13.4. The fourth-order valence-electron chi connectivity index (χ4n) is 3.26. The number of carbonyl (C=O) groups is 1. The molecule has 1 amide bonds. The van der Waals surface area contributed by atoms with Gasteiger partial charge in [0.15, 0.2) is 6.10 Å². The van der Waals surface area contributed by atoms with Gasteiger partial charge in [-0.25, -0.2) is 0 Å². The molecule has 0 spiro atoms. The van der Waals surface area contributed by atoms with Gasteiger partial charge in [-0.3, -0.25) is 15.0 Å². The fourth-order valence-corrected chi connectivity index (χ4v) is 5.34. The second kappa shape index (κ2) is 9.19. The summed E-state index contributed by atoms with van der Waals surface area (Å²) >= 11 is 16.3. The van der Waals surface area contributed by atoms with E-state index in [-0.39, 0.29) is 4.77 Å². The third-order valence-electron chi connectivity index (χ3n) is 4.78. The summed E-state index contributed by atoms with van der Waals surface area (Å²) in [7, 11) is 0. The molecule has 2 aromatic carbocycles. The van der Waals surface area contributed by atoms with E-state index in [1.807, 2.05) is 37.3 Å². The molecular weight excluding hydrogens is 534 g/mol. The van der Waals surface area contributed by atoms with Crippen LogP contribution in [0.5, 0.6) is 5.75 Å². The lowest BCUT2D eigenvalue weighted by Gasteiger charge is -2.16. The van der Waals surface area contributed by atoms with Crippen molar-refractivity contribution in [1.82, 2.24) is 9.66 Å². The number of carbonyl (C=O) groups excluding carboxylic acids is 1. The van der Waals surface area contributed by atoms with Crippen molar-refractivity contribution in [2.45, 2.75) is 20.0 Å². The Morgan fingerprint density at radius 3 is 2.69 bits per heavy atom. The van der Waals surface area contributed by atoms with E-state index in [2.05, 4.69) is 26.3 Å². The summed E-state index contributed by atoms with van der Waals surface area (Å²) in [6.45, 7) is 3.51. The van der Waals surface area contributed by atoms with E-state index in [1.54, 1.807) is 25.1 Å². The van der Waals surface area contributed by atoms with Crippen molar-refractivity contribution in [3.05, 3.63) is 78.0 Å². The zero-order valence-electron chi connectivity index (χ0n) is 16.9. The molecule has 0 saturated heterocycles. The molecule has 2 N–H and O–H groups in total. The number of amides is 1. The van der Waals surface area contributed by atoms with Crippen molar-refractivity contribution < 1.29 is 9.53 Å². The molecule has 4 aromatic rings. The van der Waals surface area contributed by atoms with Gasteiger partial charge >= 0.3 is 0 Å². The molecule has 4 rings (SSSR count). The normalized spacial score (nSPS) is 12.0. The van der Waals surface area contributed by atoms with Crippen molar-refractivity contribution in [1.29, 1.82) is 0 Å². The third kappa shape index (κ3) is 4.38. The highest BCUT2D eigenvalue weighted by Crippen LogP contribution is 2.35. The lowest BCUT2D eigenvalue weighted by molar-refractivity contribution is -0.123. The smallest absolute Gasteiger partial charge is 0.282 e. The Morgan fingerprint density at radius 1 is 1.28 bits per heavy atom. The summed E-state index contributed by atoms with van der Waals surface area (Å²) in [5.41, 5.74) is 3.89. The van der Waals surface area contributed by atoms with Gasteiger partial charge in [0.25, 0.3) is 11.5 Å². The van der Waals surface area contributed by atoms with Crippen LogP contribution < -0.4 is 15.7 Å². The number of ether oxygens (including phenoxy) is 1. The summed E-state index contributed by atoms with van der Waals surface area (Å²) in [6.07, 6.45) is -0.927. The van der Waals surface area contributed by atoms with Crippen LogP contribution in [0.1, 0.15) is 11.8 Å². The fraction of sp³-hybridized carbons (Fsp3) is 0.136. The molecule has 1 atom stereocenters. The number of fused-ring (bicyclic) bond motifs is 1. The van der Waals surface area contributed by atoms with E-state index >= 15 is 0 Å². The van der Waals surface area contributed by atoms with Crippen LogP contribution in [0, 0.1) is 11.7 Å². The van der Waals surface area contributed by atoms with E-state index in [0.717, 1.165) is 25.2 Å². The summed E-state index contributed by atoms with van der Waals surface area (Å²) in [5.74, 6) is -0.191. The number of hydrogen-bond acceptors (Lipinski definition) is 5. The molecule has 0 unspecified atom stereocenters. The summed E-state index contributed by atoms with van der Waals surface area (Å²) in [6, 6.07) is 14.7. The number of hydrogen-bond donors (Lipinski definition) is 2. The number of nitrogens with zero attached hydrogens (tertiary/aromatic N) is 1. The number of rotatable bonds is 5. The molecule has 0 radical (unpaired) electrons. The Bertz CT molecular complexity index is 1450. The van der Waals surface area contributed by atoms with Crippen molar-refractivity contribution in [2.24, 2.45) is 0 Å². The van der Waals surface area contributed by atoms with Gasteiger partial charge in [0.05, 0.1) is 10.4 Å². The predicted octanol–water partition coefficient (Wildman–Crippen LogP) is 6.05. The highest BCUT2D eigenvalue weighted by atomic mass is 79.9. The highest BCUT2D eigenvalue weighted by Gasteiger charge is 2.21. The average molecular weight is 551 g/mol. The number of aromatic nitrogens is 2. The zero-order valence-corrected chi connectivity index (χ0v) is 20.9. The van der Waals surface area contributed by atoms with Crippen LogP contribution in [0.4, 0.5) is 0 Å². The van der Waals surface area contributed by atoms with Crippen LogP contribution in [-0.4, -0.2) is 21.7 Å². The molecule has 0 fully saturated rings. The maximum absolute atomic E-state index is 13.4. The van der Waals surface area contributed by atoms with Gasteiger partial charge in [-0.1, -0.05) is 57.9 Å². The van der Waals surface area contributed by atoms with Crippen LogP contribution in [0.15, 0.2) is 57.8 Å². The molecule has 0 aliphatic carbocycles. The van der Waals surface area contributed by atoms with E-state index in [4.69, 9.17) is 28.6 Å². The Balaban J connectivity index is 1.69. The standard InChI is InChI=1S/C22H17BrClN3O3S2/c1-11(30-16-9-8-14(23)10-15(16)24)19(28)26-27-21(29)18-17(13-6-4-3-5-7-13)12(2)32-20(18)25-22(27)31/h3-11H,1-2H3,(H,25,31)(H,26,28)/t11-/m1/s1. The highest BCUT2D eigenvalue weighted by molar-refractivity contribution is 9.10. The van der Waals surface area contributed by atoms with Gasteiger partial charge < -0.3 is 9.72 Å². The zero-order chi connectivity index (χ0) is 23.0. The van der Waals surface area contributed by atoms with Crippen LogP contribution in [-0.2, 0) is 4.79 Å². The van der Waals surface area contributed by atoms with Gasteiger partial charge in [0.1, 0.15) is 10.6 Å². The summed E-state index contributed by atoms with van der Waals surface area (Å²) < 4.78 is 7.60. The second-order valence-electron chi connectivity index (χ2n) is 6.98. The van der Waals surface area contributed by atoms with Crippen LogP contribution >= 0.6 is 51.1 Å². The SMILES string of the molecule is Cc1sc2[nH]c(=S)n(NC(=O)[C@@H](C)Oc3ccc(Br)cc3Cl)c(=O)c2c1-c1ccccc1. The Hall–Kier alpha value is -2.46. The molecule has 0 aliphatic heterocycles. The van der Waals surface area contributed by atoms with Gasteiger partial charge in [-0.15, -0.1) is 11.3 Å². The minimum absolute atomic E-state index is 0.0885. The quantitative estimate of drug-likeness (QED) is 0.297. The number of aryl methyl sites for hydroxylation is 1. The van der Waals surface area contributed by atoms with E-state index in [1.165, 1.54) is 11.3 Å². The lowest BCUT2D eigenvalue weighted by Crippen LogP contribution is -2.40. The number of halogens is 2. The lowest BCUT2D eigenvalue weighted by atomic mass is 10.0. The predicted molar refractivity (Wildman–Crippen MR) is 135 cm³/mol. The average Bonchev–Trinajstić information content (AvgIpc) is 3.09. The first-order valence-electron chi connectivity index (χ1n) is 9.52. The number of benzene rings is 2. The van der Waals surface area contributed by atoms with E-state index < -0.39 is 17.6 Å². The van der Waals surface area contributed by atoms with Crippen molar-refractivity contribution in [2.75, 3.05) is 5.43 Å². The molecule has 0 aliphatic rings. The van der Waals surface area contributed by atoms with Gasteiger partial charge in [-0.2, -0.15) is 4.68 Å². The molecule has 0 bridgehead atoms. The summed E-state index contributed by atoms with van der Waals surface area (Å²) in [4.78, 5) is 30.8. The first kappa shape index (κ1) is 22.7. The largest absolute Gasteiger partial charge is 0.479 e. The Labute approximate surface area is 205 Å². The molecule has 10 heteroatoms. The minimum atomic E-state index is -0.927. The molecule has 6 nitrogen and oxygen atoms in total. The van der Waals surface area contributed by atoms with Gasteiger partial charge in [0.2, 0.25) is 4.77 Å². The monoisotopic (exact) mass is 549 g/mol. The molecule has 0 saturated carbocycles. The van der Waals surface area contributed by atoms with Crippen LogP contribution in [0.2, 0.25) is 5.02 Å². The molecule has 2 aromatic heterocycles. The third-order valence-corrected chi connectivity index (χ3v) is 6.87. The number of aromatic amines is 1. The maximum Gasteiger partial charge on any atom is 0.282 e. The molecular formula is C22H17BrClN3O3S2. The Morgan fingerprint density at radius 2 is 2.00 bits per heavy atom. The first-order chi connectivity index (χ1) is 15.3. The Kier molecular flexibility index (Phi) is 6.52.